The van der Waals surface area contributed by atoms with Crippen LogP contribution < -0.4 is 5.73 Å². The van der Waals surface area contributed by atoms with E-state index in [-0.39, 0.29) is 6.04 Å². The lowest BCUT2D eigenvalue weighted by Crippen LogP contribution is -2.25. The van der Waals surface area contributed by atoms with Crippen LogP contribution in [-0.2, 0) is 0 Å². The number of nitrogens with zero attached hydrogens (tertiary/aromatic N) is 1. The minimum absolute atomic E-state index is 0.162. The van der Waals surface area contributed by atoms with E-state index in [9.17, 15) is 0 Å². The Labute approximate surface area is 117 Å². The summed E-state index contributed by atoms with van der Waals surface area (Å²) in [4.78, 5) is 7.06. The normalized spacial score (nSPS) is 14.4. The van der Waals surface area contributed by atoms with Crippen molar-refractivity contribution in [2.75, 3.05) is 0 Å². The van der Waals surface area contributed by atoms with Gasteiger partial charge in [-0.3, -0.25) is 0 Å². The minimum atomic E-state index is 0.162. The third kappa shape index (κ3) is 3.34. The summed E-state index contributed by atoms with van der Waals surface area (Å²) >= 11 is 3.59. The molecular weight excluding hydrogens is 260 g/mol. The molecule has 2 aromatic rings. The van der Waals surface area contributed by atoms with E-state index >= 15 is 0 Å². The predicted molar refractivity (Wildman–Crippen MR) is 80.2 cm³/mol. The lowest BCUT2D eigenvalue weighted by molar-refractivity contribution is 0.639. The number of pyridine rings is 1. The van der Waals surface area contributed by atoms with E-state index in [4.69, 9.17) is 5.73 Å². The number of rotatable bonds is 5. The van der Waals surface area contributed by atoms with Crippen molar-refractivity contribution in [1.29, 1.82) is 0 Å². The molecule has 2 nitrogen and oxygen atoms in total. The first kappa shape index (κ1) is 13.6. The highest BCUT2D eigenvalue weighted by Crippen LogP contribution is 2.39. The van der Waals surface area contributed by atoms with Crippen LogP contribution in [-0.4, -0.2) is 11.0 Å². The van der Waals surface area contributed by atoms with E-state index in [2.05, 4.69) is 31.0 Å². The third-order valence-corrected chi connectivity index (χ3v) is 5.36. The summed E-state index contributed by atoms with van der Waals surface area (Å²) < 4.78 is 0. The van der Waals surface area contributed by atoms with E-state index < -0.39 is 0 Å². The average molecular weight is 278 g/mol. The SMILES string of the molecule is CCC(N)C(Sc1ccccn1)c1ccc(C)s1. The minimum Gasteiger partial charge on any atom is -0.326 e. The van der Waals surface area contributed by atoms with Gasteiger partial charge < -0.3 is 5.73 Å². The molecule has 2 aromatic heterocycles. The molecule has 0 radical (unpaired) electrons. The molecule has 0 amide bonds. The van der Waals surface area contributed by atoms with E-state index in [1.54, 1.807) is 11.8 Å². The van der Waals surface area contributed by atoms with Gasteiger partial charge in [-0.05, 0) is 37.6 Å². The molecule has 0 aliphatic rings. The van der Waals surface area contributed by atoms with Gasteiger partial charge in [-0.1, -0.05) is 24.8 Å². The molecule has 2 unspecified atom stereocenters. The second kappa shape index (κ2) is 6.36. The summed E-state index contributed by atoms with van der Waals surface area (Å²) in [6.07, 6.45) is 2.80. The van der Waals surface area contributed by atoms with Gasteiger partial charge in [-0.15, -0.1) is 11.3 Å². The molecule has 96 valence electrons. The molecule has 4 heteroatoms. The number of thiophene rings is 1. The van der Waals surface area contributed by atoms with Crippen LogP contribution in [0.25, 0.3) is 0 Å². The first-order valence-corrected chi connectivity index (χ1v) is 7.80. The van der Waals surface area contributed by atoms with Gasteiger partial charge in [0.1, 0.15) is 0 Å². The van der Waals surface area contributed by atoms with Crippen molar-refractivity contribution in [3.05, 3.63) is 46.3 Å². The van der Waals surface area contributed by atoms with Crippen LogP contribution in [0.4, 0.5) is 0 Å². The number of thioether (sulfide) groups is 1. The molecule has 0 aliphatic heterocycles. The molecule has 0 saturated carbocycles. The van der Waals surface area contributed by atoms with Crippen molar-refractivity contribution in [1.82, 2.24) is 4.98 Å². The predicted octanol–water partition coefficient (Wildman–Crippen LogP) is 4.02. The van der Waals surface area contributed by atoms with Gasteiger partial charge in [0.2, 0.25) is 0 Å². The summed E-state index contributed by atoms with van der Waals surface area (Å²) in [6, 6.07) is 10.5. The van der Waals surface area contributed by atoms with E-state index in [0.717, 1.165) is 11.4 Å². The number of hydrogen-bond acceptors (Lipinski definition) is 4. The zero-order valence-corrected chi connectivity index (χ0v) is 12.3. The standard InChI is InChI=1S/C14H18N2S2/c1-3-11(15)14(12-8-7-10(2)17-12)18-13-6-4-5-9-16-13/h4-9,11,14H,3,15H2,1-2H3. The Balaban J connectivity index is 2.21. The van der Waals surface area contributed by atoms with E-state index in [0.29, 0.717) is 5.25 Å². The molecule has 2 N–H and O–H groups in total. The summed E-state index contributed by atoms with van der Waals surface area (Å²) in [5.41, 5.74) is 6.26. The number of aromatic nitrogens is 1. The van der Waals surface area contributed by atoms with E-state index in [1.165, 1.54) is 9.75 Å². The molecule has 2 heterocycles. The van der Waals surface area contributed by atoms with Crippen LogP contribution in [0.3, 0.4) is 0 Å². The zero-order valence-electron chi connectivity index (χ0n) is 10.7. The second-order valence-corrected chi connectivity index (χ2v) is 6.71. The van der Waals surface area contributed by atoms with Crippen molar-refractivity contribution in [2.45, 2.75) is 36.6 Å². The first-order valence-electron chi connectivity index (χ1n) is 6.10. The van der Waals surface area contributed by atoms with Gasteiger partial charge in [0.05, 0.1) is 10.3 Å². The largest absolute Gasteiger partial charge is 0.326 e. The molecule has 0 bridgehead atoms. The highest BCUT2D eigenvalue weighted by Gasteiger charge is 2.21. The topological polar surface area (TPSA) is 38.9 Å². The third-order valence-electron chi connectivity index (χ3n) is 2.79. The first-order chi connectivity index (χ1) is 8.70. The van der Waals surface area contributed by atoms with Crippen LogP contribution in [0.15, 0.2) is 41.6 Å². The summed E-state index contributed by atoms with van der Waals surface area (Å²) in [7, 11) is 0. The fraction of sp³-hybridized carbons (Fsp3) is 0.357. The number of nitrogens with two attached hydrogens (primary N) is 1. The average Bonchev–Trinajstić information content (AvgIpc) is 2.83. The maximum Gasteiger partial charge on any atom is 0.0966 e. The Morgan fingerprint density at radius 3 is 2.72 bits per heavy atom. The molecule has 0 aliphatic carbocycles. The Hall–Kier alpha value is -0.840. The summed E-state index contributed by atoms with van der Waals surface area (Å²) in [5, 5.41) is 1.33. The molecule has 0 aromatic carbocycles. The number of hydrogen-bond donors (Lipinski definition) is 1. The molecule has 0 saturated heterocycles. The Bertz CT molecular complexity index is 482. The van der Waals surface area contributed by atoms with E-state index in [1.807, 2.05) is 35.7 Å². The van der Waals surface area contributed by atoms with Gasteiger partial charge >= 0.3 is 0 Å². The second-order valence-electron chi connectivity index (χ2n) is 4.23. The Morgan fingerprint density at radius 2 is 2.17 bits per heavy atom. The van der Waals surface area contributed by atoms with Crippen LogP contribution >= 0.6 is 23.1 Å². The molecule has 18 heavy (non-hydrogen) atoms. The molecule has 0 spiro atoms. The maximum absolute atomic E-state index is 6.26. The molecule has 0 fully saturated rings. The highest BCUT2D eigenvalue weighted by molar-refractivity contribution is 7.99. The number of aryl methyl sites for hydroxylation is 1. The zero-order chi connectivity index (χ0) is 13.0. The monoisotopic (exact) mass is 278 g/mol. The lowest BCUT2D eigenvalue weighted by Gasteiger charge is -2.20. The van der Waals surface area contributed by atoms with Crippen LogP contribution in [0.1, 0.15) is 28.3 Å². The van der Waals surface area contributed by atoms with Crippen molar-refractivity contribution < 1.29 is 0 Å². The lowest BCUT2D eigenvalue weighted by atomic mass is 10.1. The Kier molecular flexibility index (Phi) is 4.80. The molecule has 2 atom stereocenters. The molecule has 2 rings (SSSR count). The van der Waals surface area contributed by atoms with Crippen LogP contribution in [0.2, 0.25) is 0 Å². The van der Waals surface area contributed by atoms with Gasteiger partial charge in [0.15, 0.2) is 0 Å². The quantitative estimate of drug-likeness (QED) is 0.840. The van der Waals surface area contributed by atoms with Crippen molar-refractivity contribution >= 4 is 23.1 Å². The van der Waals surface area contributed by atoms with Crippen LogP contribution in [0, 0.1) is 6.92 Å². The highest BCUT2D eigenvalue weighted by atomic mass is 32.2. The maximum atomic E-state index is 6.26. The van der Waals surface area contributed by atoms with Crippen LogP contribution in [0.5, 0.6) is 0 Å². The fourth-order valence-corrected chi connectivity index (χ4v) is 4.05. The van der Waals surface area contributed by atoms with Gasteiger partial charge in [-0.25, -0.2) is 4.98 Å². The van der Waals surface area contributed by atoms with Crippen molar-refractivity contribution in [3.8, 4) is 0 Å². The summed E-state index contributed by atoms with van der Waals surface area (Å²) in [5.74, 6) is 0. The van der Waals surface area contributed by atoms with Crippen molar-refractivity contribution in [2.24, 2.45) is 5.73 Å². The summed E-state index contributed by atoms with van der Waals surface area (Å²) in [6.45, 7) is 4.27. The van der Waals surface area contributed by atoms with Gasteiger partial charge in [-0.2, -0.15) is 0 Å². The van der Waals surface area contributed by atoms with Gasteiger partial charge in [0, 0.05) is 22.0 Å². The van der Waals surface area contributed by atoms with Crippen molar-refractivity contribution in [3.63, 3.8) is 0 Å². The molecular formula is C14H18N2S2. The smallest absolute Gasteiger partial charge is 0.0966 e. The Morgan fingerprint density at radius 1 is 1.33 bits per heavy atom. The van der Waals surface area contributed by atoms with Gasteiger partial charge in [0.25, 0.3) is 0 Å². The fourth-order valence-electron chi connectivity index (χ4n) is 1.72.